The van der Waals surface area contributed by atoms with E-state index in [1.54, 1.807) is 0 Å². The molecule has 1 aliphatic carbocycles. The number of nitrogens with zero attached hydrogens (tertiary/aromatic N) is 5. The Bertz CT molecular complexity index is 949. The molecule has 7 nitrogen and oxygen atoms in total. The topological polar surface area (TPSA) is 65.8 Å². The minimum Gasteiger partial charge on any atom is -0.354 e. The van der Waals surface area contributed by atoms with Crippen molar-refractivity contribution in [2.75, 3.05) is 44.2 Å². The second-order valence-electron chi connectivity index (χ2n) is 9.69. The van der Waals surface area contributed by atoms with Crippen LogP contribution in [0.2, 0.25) is 0 Å². The third-order valence-corrected chi connectivity index (χ3v) is 7.91. The Morgan fingerprint density at radius 3 is 2.77 bits per heavy atom. The molecule has 0 aromatic carbocycles. The quantitative estimate of drug-likeness (QED) is 0.822. The van der Waals surface area contributed by atoms with Gasteiger partial charge >= 0.3 is 0 Å². The number of rotatable bonds is 2. The van der Waals surface area contributed by atoms with Crippen LogP contribution in [-0.4, -0.2) is 64.7 Å². The maximum atomic E-state index is 13.2. The number of amides is 1. The van der Waals surface area contributed by atoms with Crippen molar-refractivity contribution in [3.63, 3.8) is 0 Å². The summed E-state index contributed by atoms with van der Waals surface area (Å²) in [7, 11) is 0. The van der Waals surface area contributed by atoms with E-state index in [4.69, 9.17) is 4.98 Å². The van der Waals surface area contributed by atoms with Gasteiger partial charge in [-0.15, -0.1) is 0 Å². The molecule has 0 bridgehead atoms. The molecule has 6 rings (SSSR count). The zero-order valence-electron chi connectivity index (χ0n) is 17.7. The fourth-order valence-electron chi connectivity index (χ4n) is 6.21. The van der Waals surface area contributed by atoms with Crippen molar-refractivity contribution in [3.8, 4) is 0 Å². The van der Waals surface area contributed by atoms with Crippen LogP contribution in [0, 0.1) is 17.8 Å². The number of nitrogens with one attached hydrogen (secondary N) is 1. The van der Waals surface area contributed by atoms with Crippen molar-refractivity contribution < 1.29 is 4.79 Å². The molecule has 5 heterocycles. The molecule has 1 saturated carbocycles. The van der Waals surface area contributed by atoms with Crippen molar-refractivity contribution >= 4 is 17.4 Å². The van der Waals surface area contributed by atoms with E-state index in [-0.39, 0.29) is 5.92 Å². The molecule has 0 radical (unpaired) electrons. The molecule has 3 aliphatic heterocycles. The Kier molecular flexibility index (Phi) is 4.66. The third kappa shape index (κ3) is 3.09. The molecule has 0 unspecified atom stereocenters. The predicted molar refractivity (Wildman–Crippen MR) is 116 cm³/mol. The lowest BCUT2D eigenvalue weighted by Crippen LogP contribution is -2.57. The molecular weight excluding hydrogens is 376 g/mol. The van der Waals surface area contributed by atoms with Crippen LogP contribution in [0.4, 0.5) is 5.82 Å². The highest BCUT2D eigenvalue weighted by Gasteiger charge is 2.41. The summed E-state index contributed by atoms with van der Waals surface area (Å²) in [5.74, 6) is 3.30. The van der Waals surface area contributed by atoms with Crippen molar-refractivity contribution in [1.82, 2.24) is 24.8 Å². The molecule has 1 amide bonds. The van der Waals surface area contributed by atoms with Crippen molar-refractivity contribution in [2.45, 2.75) is 44.9 Å². The highest BCUT2D eigenvalue weighted by atomic mass is 16.2. The summed E-state index contributed by atoms with van der Waals surface area (Å²) in [5.41, 5.74) is 3.42. The minimum absolute atomic E-state index is 0.128. The highest BCUT2D eigenvalue weighted by molar-refractivity contribution is 5.82. The van der Waals surface area contributed by atoms with Crippen LogP contribution in [0.5, 0.6) is 0 Å². The molecule has 4 aliphatic rings. The number of carbonyl (C=O) groups excluding carboxylic acids is 1. The lowest BCUT2D eigenvalue weighted by molar-refractivity contribution is -0.139. The van der Waals surface area contributed by atoms with E-state index in [0.29, 0.717) is 5.91 Å². The average molecular weight is 409 g/mol. The van der Waals surface area contributed by atoms with Crippen molar-refractivity contribution in [3.05, 3.63) is 23.5 Å². The third-order valence-electron chi connectivity index (χ3n) is 7.91. The zero-order valence-corrected chi connectivity index (χ0v) is 17.7. The van der Waals surface area contributed by atoms with Crippen LogP contribution in [-0.2, 0) is 17.6 Å². The first-order valence-corrected chi connectivity index (χ1v) is 11.9. The lowest BCUT2D eigenvalue weighted by atomic mass is 9.75. The van der Waals surface area contributed by atoms with Gasteiger partial charge in [-0.1, -0.05) is 19.3 Å². The van der Waals surface area contributed by atoms with Crippen LogP contribution in [0.15, 0.2) is 12.3 Å². The van der Waals surface area contributed by atoms with E-state index in [0.717, 1.165) is 69.6 Å². The first-order chi connectivity index (χ1) is 14.8. The summed E-state index contributed by atoms with van der Waals surface area (Å²) in [6.07, 6.45) is 10.4. The monoisotopic (exact) mass is 408 g/mol. The fourth-order valence-corrected chi connectivity index (χ4v) is 6.21. The standard InChI is InChI=1S/C23H32N6O/c30-23(27-12-8-16-3-1-2-4-17(16)13-27)18-14-28(15-18)22-19-5-9-24-10-6-20(19)26-21-7-11-25-29(21)22/h7,11,16-18,24H,1-6,8-10,12-15H2/t16-,17+/m0/s1. The summed E-state index contributed by atoms with van der Waals surface area (Å²) >= 11 is 0. The maximum absolute atomic E-state index is 13.2. The van der Waals surface area contributed by atoms with Crippen LogP contribution in [0.1, 0.15) is 43.4 Å². The lowest BCUT2D eigenvalue weighted by Gasteiger charge is -2.46. The van der Waals surface area contributed by atoms with Gasteiger partial charge in [-0.3, -0.25) is 4.79 Å². The van der Waals surface area contributed by atoms with Crippen LogP contribution in [0.25, 0.3) is 5.65 Å². The van der Waals surface area contributed by atoms with Gasteiger partial charge in [-0.05, 0) is 37.6 Å². The van der Waals surface area contributed by atoms with Crippen LogP contribution >= 0.6 is 0 Å². The van der Waals surface area contributed by atoms with Crippen molar-refractivity contribution in [2.24, 2.45) is 17.8 Å². The number of likely N-dealkylation sites (tertiary alicyclic amines) is 1. The van der Waals surface area contributed by atoms with Gasteiger partial charge < -0.3 is 15.1 Å². The largest absolute Gasteiger partial charge is 0.354 e. The van der Waals surface area contributed by atoms with Gasteiger partial charge in [-0.2, -0.15) is 9.61 Å². The number of hydrogen-bond donors (Lipinski definition) is 1. The Hall–Kier alpha value is -2.15. The molecule has 0 spiro atoms. The molecule has 2 aromatic rings. The van der Waals surface area contributed by atoms with Crippen LogP contribution in [0.3, 0.4) is 0 Å². The molecule has 2 atom stereocenters. The second-order valence-corrected chi connectivity index (χ2v) is 9.69. The van der Waals surface area contributed by atoms with Gasteiger partial charge in [-0.25, -0.2) is 4.98 Å². The van der Waals surface area contributed by atoms with Crippen LogP contribution < -0.4 is 10.2 Å². The van der Waals surface area contributed by atoms with Crippen molar-refractivity contribution in [1.29, 1.82) is 0 Å². The fraction of sp³-hybridized carbons (Fsp3) is 0.696. The zero-order chi connectivity index (χ0) is 20.1. The number of fused-ring (bicyclic) bond motifs is 3. The molecule has 3 fully saturated rings. The van der Waals surface area contributed by atoms with Gasteiger partial charge in [0.15, 0.2) is 5.65 Å². The Morgan fingerprint density at radius 2 is 1.87 bits per heavy atom. The summed E-state index contributed by atoms with van der Waals surface area (Å²) in [6.45, 7) is 5.53. The molecule has 2 saturated heterocycles. The van der Waals surface area contributed by atoms with E-state index in [1.807, 2.05) is 16.8 Å². The van der Waals surface area contributed by atoms with E-state index < -0.39 is 0 Å². The molecule has 160 valence electrons. The summed E-state index contributed by atoms with van der Waals surface area (Å²) in [4.78, 5) is 22.7. The first kappa shape index (κ1) is 18.6. The summed E-state index contributed by atoms with van der Waals surface area (Å²) < 4.78 is 1.98. The predicted octanol–water partition coefficient (Wildman–Crippen LogP) is 1.89. The van der Waals surface area contributed by atoms with E-state index >= 15 is 0 Å². The number of anilines is 1. The van der Waals surface area contributed by atoms with E-state index in [1.165, 1.54) is 49.2 Å². The van der Waals surface area contributed by atoms with Gasteiger partial charge in [0.25, 0.3) is 0 Å². The molecular formula is C23H32N6O. The van der Waals surface area contributed by atoms with Gasteiger partial charge in [0.2, 0.25) is 5.91 Å². The highest BCUT2D eigenvalue weighted by Crippen LogP contribution is 2.37. The Labute approximate surface area is 177 Å². The second kappa shape index (κ2) is 7.52. The number of aromatic nitrogens is 3. The first-order valence-electron chi connectivity index (χ1n) is 11.9. The Morgan fingerprint density at radius 1 is 1.03 bits per heavy atom. The number of carbonyl (C=O) groups is 1. The van der Waals surface area contributed by atoms with E-state index in [2.05, 4.69) is 20.2 Å². The molecule has 2 aromatic heterocycles. The number of hydrogen-bond acceptors (Lipinski definition) is 5. The maximum Gasteiger partial charge on any atom is 0.229 e. The number of piperidine rings is 1. The molecule has 30 heavy (non-hydrogen) atoms. The minimum atomic E-state index is 0.128. The normalized spacial score (nSPS) is 27.3. The molecule has 7 heteroatoms. The summed E-state index contributed by atoms with van der Waals surface area (Å²) in [5, 5.41) is 8.05. The molecule has 1 N–H and O–H groups in total. The van der Waals surface area contributed by atoms with Gasteiger partial charge in [0, 0.05) is 50.8 Å². The SMILES string of the molecule is O=C(C1CN(c2c3c(nc4ccnn24)CCNCC3)C1)N1CC[C@@H]2CCCC[C@@H]2C1. The van der Waals surface area contributed by atoms with Gasteiger partial charge in [0.1, 0.15) is 5.82 Å². The average Bonchev–Trinajstić information content (AvgIpc) is 3.08. The Balaban J connectivity index is 1.19. The summed E-state index contributed by atoms with van der Waals surface area (Å²) in [6, 6.07) is 1.98. The van der Waals surface area contributed by atoms with E-state index in [9.17, 15) is 4.79 Å². The van der Waals surface area contributed by atoms with Gasteiger partial charge in [0.05, 0.1) is 17.8 Å². The smallest absolute Gasteiger partial charge is 0.229 e.